The molecule has 1 atom stereocenters. The molecular formula is C18H22FN. The lowest BCUT2D eigenvalue weighted by Crippen LogP contribution is -2.21. The van der Waals surface area contributed by atoms with Crippen LogP contribution in [-0.2, 0) is 0 Å². The van der Waals surface area contributed by atoms with Gasteiger partial charge in [0.1, 0.15) is 5.82 Å². The fraction of sp³-hybridized carbons (Fsp3) is 0.333. The maximum absolute atomic E-state index is 13.5. The Morgan fingerprint density at radius 2 is 1.55 bits per heavy atom. The first-order valence-corrected chi connectivity index (χ1v) is 6.95. The van der Waals surface area contributed by atoms with E-state index in [-0.39, 0.29) is 11.9 Å². The van der Waals surface area contributed by atoms with Crippen molar-refractivity contribution in [1.29, 1.82) is 0 Å². The molecule has 106 valence electrons. The van der Waals surface area contributed by atoms with Gasteiger partial charge in [-0.05, 0) is 80.3 Å². The third-order valence-electron chi connectivity index (χ3n) is 4.09. The molecule has 0 aliphatic heterocycles. The summed E-state index contributed by atoms with van der Waals surface area (Å²) in [6, 6.07) is 9.66. The van der Waals surface area contributed by atoms with Crippen molar-refractivity contribution in [3.63, 3.8) is 0 Å². The van der Waals surface area contributed by atoms with Crippen LogP contribution in [0.4, 0.5) is 4.39 Å². The standard InChI is InChI=1S/C18H22FN/c1-11-7-6-8-16(14(11)4)18(20-5)17-12(2)9-15(19)10-13(17)3/h6-10,18,20H,1-5H3. The van der Waals surface area contributed by atoms with Crippen molar-refractivity contribution in [2.45, 2.75) is 33.7 Å². The zero-order valence-corrected chi connectivity index (χ0v) is 12.8. The number of halogens is 1. The van der Waals surface area contributed by atoms with Crippen LogP contribution in [0.2, 0.25) is 0 Å². The van der Waals surface area contributed by atoms with Crippen molar-refractivity contribution >= 4 is 0 Å². The summed E-state index contributed by atoms with van der Waals surface area (Å²) < 4.78 is 13.5. The fourth-order valence-electron chi connectivity index (χ4n) is 2.92. The van der Waals surface area contributed by atoms with E-state index in [1.807, 2.05) is 20.9 Å². The molecule has 0 fully saturated rings. The second kappa shape index (κ2) is 5.76. The molecule has 1 nitrogen and oxygen atoms in total. The minimum absolute atomic E-state index is 0.0931. The third-order valence-corrected chi connectivity index (χ3v) is 4.09. The van der Waals surface area contributed by atoms with Crippen molar-refractivity contribution < 1.29 is 4.39 Å². The van der Waals surface area contributed by atoms with Gasteiger partial charge in [0, 0.05) is 0 Å². The van der Waals surface area contributed by atoms with Crippen LogP contribution < -0.4 is 5.32 Å². The van der Waals surface area contributed by atoms with Crippen LogP contribution >= 0.6 is 0 Å². The van der Waals surface area contributed by atoms with Gasteiger partial charge >= 0.3 is 0 Å². The van der Waals surface area contributed by atoms with Gasteiger partial charge in [-0.3, -0.25) is 0 Å². The lowest BCUT2D eigenvalue weighted by molar-refractivity contribution is 0.618. The van der Waals surface area contributed by atoms with Gasteiger partial charge in [-0.15, -0.1) is 0 Å². The molecule has 0 aliphatic carbocycles. The summed E-state index contributed by atoms with van der Waals surface area (Å²) in [5.41, 5.74) is 6.97. The predicted molar refractivity (Wildman–Crippen MR) is 82.7 cm³/mol. The van der Waals surface area contributed by atoms with Crippen LogP contribution in [0, 0.1) is 33.5 Å². The van der Waals surface area contributed by atoms with Gasteiger partial charge in [0.2, 0.25) is 0 Å². The van der Waals surface area contributed by atoms with Crippen LogP contribution in [0.1, 0.15) is 39.4 Å². The topological polar surface area (TPSA) is 12.0 Å². The molecule has 0 radical (unpaired) electrons. The Balaban J connectivity index is 2.62. The van der Waals surface area contributed by atoms with E-state index in [1.165, 1.54) is 22.3 Å². The lowest BCUT2D eigenvalue weighted by atomic mass is 9.88. The van der Waals surface area contributed by atoms with Crippen LogP contribution in [0.5, 0.6) is 0 Å². The van der Waals surface area contributed by atoms with E-state index >= 15 is 0 Å². The molecule has 2 aromatic rings. The van der Waals surface area contributed by atoms with Crippen molar-refractivity contribution in [1.82, 2.24) is 5.32 Å². The molecule has 20 heavy (non-hydrogen) atoms. The maximum atomic E-state index is 13.5. The maximum Gasteiger partial charge on any atom is 0.123 e. The highest BCUT2D eigenvalue weighted by Gasteiger charge is 2.19. The fourth-order valence-corrected chi connectivity index (χ4v) is 2.92. The third kappa shape index (κ3) is 2.61. The largest absolute Gasteiger partial charge is 0.309 e. The smallest absolute Gasteiger partial charge is 0.123 e. The summed E-state index contributed by atoms with van der Waals surface area (Å²) >= 11 is 0. The number of benzene rings is 2. The van der Waals surface area contributed by atoms with E-state index in [4.69, 9.17) is 0 Å². The molecule has 0 saturated carbocycles. The molecule has 0 aromatic heterocycles. The summed E-state index contributed by atoms with van der Waals surface area (Å²) in [7, 11) is 1.95. The second-order valence-corrected chi connectivity index (χ2v) is 5.46. The van der Waals surface area contributed by atoms with E-state index < -0.39 is 0 Å². The molecule has 2 heteroatoms. The molecule has 2 rings (SSSR count). The minimum atomic E-state index is -0.167. The van der Waals surface area contributed by atoms with Crippen molar-refractivity contribution in [2.75, 3.05) is 7.05 Å². The first kappa shape index (κ1) is 14.7. The van der Waals surface area contributed by atoms with Crippen LogP contribution in [0.3, 0.4) is 0 Å². The van der Waals surface area contributed by atoms with Crippen molar-refractivity contribution in [2.24, 2.45) is 0 Å². The van der Waals surface area contributed by atoms with E-state index in [0.717, 1.165) is 11.1 Å². The van der Waals surface area contributed by atoms with E-state index in [1.54, 1.807) is 12.1 Å². The second-order valence-electron chi connectivity index (χ2n) is 5.46. The number of hydrogen-bond donors (Lipinski definition) is 1. The summed E-state index contributed by atoms with van der Waals surface area (Å²) in [5, 5.41) is 3.38. The monoisotopic (exact) mass is 271 g/mol. The van der Waals surface area contributed by atoms with Crippen LogP contribution in [0.15, 0.2) is 30.3 Å². The van der Waals surface area contributed by atoms with Gasteiger partial charge in [0.25, 0.3) is 0 Å². The van der Waals surface area contributed by atoms with Gasteiger partial charge < -0.3 is 5.32 Å². The van der Waals surface area contributed by atoms with Crippen molar-refractivity contribution in [3.05, 3.63) is 69.5 Å². The molecule has 2 aromatic carbocycles. The Bertz CT molecular complexity index is 608. The van der Waals surface area contributed by atoms with E-state index in [2.05, 4.69) is 37.4 Å². The number of nitrogens with one attached hydrogen (secondary N) is 1. The summed E-state index contributed by atoms with van der Waals surface area (Å²) in [6.45, 7) is 8.21. The average molecular weight is 271 g/mol. The lowest BCUT2D eigenvalue weighted by Gasteiger charge is -2.24. The SMILES string of the molecule is CNC(c1cccc(C)c1C)c1c(C)cc(F)cc1C. The number of aryl methyl sites for hydroxylation is 3. The molecule has 0 spiro atoms. The molecular weight excluding hydrogens is 249 g/mol. The number of hydrogen-bond acceptors (Lipinski definition) is 1. The molecule has 0 bridgehead atoms. The first-order valence-electron chi connectivity index (χ1n) is 6.95. The summed E-state index contributed by atoms with van der Waals surface area (Å²) in [6.07, 6.45) is 0. The Hall–Kier alpha value is -1.67. The van der Waals surface area contributed by atoms with Gasteiger partial charge in [-0.25, -0.2) is 4.39 Å². The Morgan fingerprint density at radius 3 is 2.10 bits per heavy atom. The van der Waals surface area contributed by atoms with Crippen LogP contribution in [0.25, 0.3) is 0 Å². The van der Waals surface area contributed by atoms with Crippen LogP contribution in [-0.4, -0.2) is 7.05 Å². The molecule has 0 aliphatic rings. The molecule has 0 amide bonds. The first-order chi connectivity index (χ1) is 9.45. The molecule has 0 heterocycles. The highest BCUT2D eigenvalue weighted by molar-refractivity contribution is 5.46. The summed E-state index contributed by atoms with van der Waals surface area (Å²) in [5.74, 6) is -0.167. The van der Waals surface area contributed by atoms with Crippen molar-refractivity contribution in [3.8, 4) is 0 Å². The Kier molecular flexibility index (Phi) is 4.24. The minimum Gasteiger partial charge on any atom is -0.309 e. The van der Waals surface area contributed by atoms with Gasteiger partial charge in [-0.1, -0.05) is 18.2 Å². The zero-order valence-electron chi connectivity index (χ0n) is 12.8. The highest BCUT2D eigenvalue weighted by atomic mass is 19.1. The highest BCUT2D eigenvalue weighted by Crippen LogP contribution is 2.31. The Morgan fingerprint density at radius 1 is 0.950 bits per heavy atom. The van der Waals surface area contributed by atoms with Gasteiger partial charge in [0.15, 0.2) is 0 Å². The average Bonchev–Trinajstić information content (AvgIpc) is 2.37. The number of rotatable bonds is 3. The molecule has 0 saturated heterocycles. The molecule has 1 unspecified atom stereocenters. The van der Waals surface area contributed by atoms with Gasteiger partial charge in [-0.2, -0.15) is 0 Å². The zero-order chi connectivity index (χ0) is 14.9. The van der Waals surface area contributed by atoms with E-state index in [9.17, 15) is 4.39 Å². The summed E-state index contributed by atoms with van der Waals surface area (Å²) in [4.78, 5) is 0. The van der Waals surface area contributed by atoms with Gasteiger partial charge in [0.05, 0.1) is 6.04 Å². The van der Waals surface area contributed by atoms with E-state index in [0.29, 0.717) is 0 Å². The quantitative estimate of drug-likeness (QED) is 0.874. The molecule has 1 N–H and O–H groups in total. The Labute approximate surface area is 120 Å². The predicted octanol–water partition coefficient (Wildman–Crippen LogP) is 4.37. The normalized spacial score (nSPS) is 12.5.